The SMILES string of the molecule is CO[C@@H]1[C@H](O[C@@H]2O[C@H](C)[C@@H](O[C@H]3C[C@@](C)(O)[C@@H](OC(=O)CC(C)C)[C@H](C)O3)[C@H](N(C)C)[C@H]2O)[C@@H](CCO)C[C@@H](C)C(=O)/C=C/C=C\C[C@@H](C)OC(=O)C[C@H]1OC(C)=O. The third-order valence-corrected chi connectivity index (χ3v) is 10.9. The van der Waals surface area contributed by atoms with E-state index in [-0.39, 0.29) is 44.0 Å². The molecule has 332 valence electrons. The van der Waals surface area contributed by atoms with Gasteiger partial charge in [-0.25, -0.2) is 0 Å². The van der Waals surface area contributed by atoms with E-state index in [9.17, 15) is 34.5 Å². The lowest BCUT2D eigenvalue weighted by Crippen LogP contribution is -2.66. The minimum Gasteiger partial charge on any atom is -0.462 e. The van der Waals surface area contributed by atoms with Crippen molar-refractivity contribution in [1.82, 2.24) is 4.90 Å². The Labute approximate surface area is 343 Å². The van der Waals surface area contributed by atoms with Crippen molar-refractivity contribution in [3.8, 4) is 0 Å². The molecule has 2 saturated heterocycles. The molecular weight excluding hydrogens is 758 g/mol. The van der Waals surface area contributed by atoms with Gasteiger partial charge in [0.2, 0.25) is 0 Å². The molecule has 58 heavy (non-hydrogen) atoms. The van der Waals surface area contributed by atoms with Crippen molar-refractivity contribution in [2.75, 3.05) is 27.8 Å². The summed E-state index contributed by atoms with van der Waals surface area (Å²) in [5, 5.41) is 33.8. The number of hydrogen-bond donors (Lipinski definition) is 3. The maximum Gasteiger partial charge on any atom is 0.309 e. The van der Waals surface area contributed by atoms with Gasteiger partial charge < -0.3 is 58.1 Å². The average Bonchev–Trinajstić information content (AvgIpc) is 3.09. The largest absolute Gasteiger partial charge is 0.462 e. The van der Waals surface area contributed by atoms with E-state index < -0.39 is 115 Å². The molecule has 0 amide bonds. The van der Waals surface area contributed by atoms with Crippen LogP contribution in [-0.4, -0.2) is 151 Å². The minimum atomic E-state index is -1.50. The first kappa shape index (κ1) is 49.6. The Balaban J connectivity index is 1.98. The summed E-state index contributed by atoms with van der Waals surface area (Å²) in [6, 6.07) is -0.776. The molecule has 0 radical (unpaired) electrons. The minimum absolute atomic E-state index is 0.0437. The number of hydrogen-bond acceptors (Lipinski definition) is 16. The van der Waals surface area contributed by atoms with Crippen LogP contribution >= 0.6 is 0 Å². The standard InChI is InChI=1S/C42H69NO15/c1-23(2)19-32(47)56-40-27(6)53-34(22-42(40,8)50)57-37-26(5)54-41(36(49)35(37)43(9)10)58-38-29(17-18-44)20-24(3)30(46)16-14-12-13-15-25(4)52-33(48)21-31(39(38)51-11)55-28(7)45/h12-14,16,23-27,29,31,34-41,44,49-50H,15,17-22H2,1-11H3/b13-12-,16-14+/t24-,25-,26-,27+,29+,31-,34+,35-,36-,37-,38-,39+,40+,41+,42-/m1/s1. The Hall–Kier alpha value is -2.80. The van der Waals surface area contributed by atoms with E-state index in [2.05, 4.69) is 0 Å². The fourth-order valence-corrected chi connectivity index (χ4v) is 8.07. The molecule has 0 aromatic rings. The molecule has 0 aliphatic carbocycles. The van der Waals surface area contributed by atoms with E-state index in [1.54, 1.807) is 71.8 Å². The van der Waals surface area contributed by atoms with E-state index in [1.165, 1.54) is 20.1 Å². The second kappa shape index (κ2) is 22.7. The number of cyclic esters (lactones) is 1. The average molecular weight is 828 g/mol. The summed E-state index contributed by atoms with van der Waals surface area (Å²) >= 11 is 0. The summed E-state index contributed by atoms with van der Waals surface area (Å²) in [6.45, 7) is 13.2. The summed E-state index contributed by atoms with van der Waals surface area (Å²) < 4.78 is 48.6. The topological polar surface area (TPSA) is 206 Å². The fraction of sp³-hybridized carbons (Fsp3) is 0.810. The number of rotatable bonds is 12. The molecular formula is C42H69NO15. The second-order valence-corrected chi connectivity index (χ2v) is 16.9. The number of likely N-dealkylation sites (N-methyl/N-ethyl adjacent to an activating group) is 1. The van der Waals surface area contributed by atoms with E-state index >= 15 is 0 Å². The van der Waals surface area contributed by atoms with Crippen LogP contribution in [0, 0.1) is 17.8 Å². The first-order chi connectivity index (χ1) is 27.2. The molecule has 16 nitrogen and oxygen atoms in total. The van der Waals surface area contributed by atoms with Crippen LogP contribution in [0.15, 0.2) is 24.3 Å². The van der Waals surface area contributed by atoms with Crippen LogP contribution in [0.3, 0.4) is 0 Å². The maximum atomic E-state index is 13.3. The van der Waals surface area contributed by atoms with Crippen molar-refractivity contribution >= 4 is 23.7 Å². The van der Waals surface area contributed by atoms with Gasteiger partial charge in [0, 0.05) is 45.8 Å². The van der Waals surface area contributed by atoms with Crippen LogP contribution in [0.4, 0.5) is 0 Å². The van der Waals surface area contributed by atoms with Crippen molar-refractivity contribution in [3.05, 3.63) is 24.3 Å². The summed E-state index contributed by atoms with van der Waals surface area (Å²) in [5.41, 5.74) is -1.50. The highest BCUT2D eigenvalue weighted by Crippen LogP contribution is 2.37. The molecule has 3 aliphatic rings. The summed E-state index contributed by atoms with van der Waals surface area (Å²) in [4.78, 5) is 53.3. The number of aliphatic hydroxyl groups excluding tert-OH is 2. The first-order valence-corrected chi connectivity index (χ1v) is 20.4. The van der Waals surface area contributed by atoms with Crippen LogP contribution in [0.1, 0.15) is 93.9 Å². The molecule has 3 heterocycles. The monoisotopic (exact) mass is 827 g/mol. The van der Waals surface area contributed by atoms with Crippen molar-refractivity contribution in [2.45, 2.75) is 173 Å². The Morgan fingerprint density at radius 2 is 1.69 bits per heavy atom. The molecule has 0 saturated carbocycles. The zero-order valence-electron chi connectivity index (χ0n) is 36.1. The number of nitrogens with zero attached hydrogens (tertiary/aromatic N) is 1. The third-order valence-electron chi connectivity index (χ3n) is 10.9. The predicted octanol–water partition coefficient (Wildman–Crippen LogP) is 3.02. The number of aliphatic hydroxyl groups is 3. The summed E-state index contributed by atoms with van der Waals surface area (Å²) in [7, 11) is 4.87. The number of ether oxygens (including phenoxy) is 8. The highest BCUT2D eigenvalue weighted by Gasteiger charge is 2.53. The molecule has 0 aromatic carbocycles. The third kappa shape index (κ3) is 14.2. The highest BCUT2D eigenvalue weighted by atomic mass is 16.7. The molecule has 0 bridgehead atoms. The van der Waals surface area contributed by atoms with Gasteiger partial charge in [-0.2, -0.15) is 0 Å². The highest BCUT2D eigenvalue weighted by molar-refractivity contribution is 5.91. The predicted molar refractivity (Wildman–Crippen MR) is 210 cm³/mol. The lowest BCUT2D eigenvalue weighted by Gasteiger charge is -2.50. The van der Waals surface area contributed by atoms with E-state index in [1.807, 2.05) is 13.8 Å². The second-order valence-electron chi connectivity index (χ2n) is 16.9. The number of ketones is 1. The zero-order chi connectivity index (χ0) is 43.5. The Morgan fingerprint density at radius 1 is 1.00 bits per heavy atom. The van der Waals surface area contributed by atoms with Gasteiger partial charge in [-0.1, -0.05) is 39.0 Å². The van der Waals surface area contributed by atoms with Gasteiger partial charge in [0.1, 0.15) is 36.1 Å². The van der Waals surface area contributed by atoms with Gasteiger partial charge in [-0.05, 0) is 72.5 Å². The number of allylic oxidation sites excluding steroid dienone is 3. The van der Waals surface area contributed by atoms with Crippen LogP contribution in [-0.2, 0) is 57.1 Å². The molecule has 0 aromatic heterocycles. The van der Waals surface area contributed by atoms with E-state index in [0.717, 1.165) is 0 Å². The molecule has 16 heteroatoms. The van der Waals surface area contributed by atoms with Gasteiger partial charge in [0.05, 0.1) is 30.8 Å². The van der Waals surface area contributed by atoms with Crippen LogP contribution in [0.25, 0.3) is 0 Å². The molecule has 3 N–H and O–H groups in total. The van der Waals surface area contributed by atoms with E-state index in [4.69, 9.17) is 37.9 Å². The first-order valence-electron chi connectivity index (χ1n) is 20.4. The van der Waals surface area contributed by atoms with Crippen LogP contribution in [0.2, 0.25) is 0 Å². The van der Waals surface area contributed by atoms with Gasteiger partial charge in [-0.3, -0.25) is 19.2 Å². The zero-order valence-corrected chi connectivity index (χ0v) is 36.1. The van der Waals surface area contributed by atoms with Gasteiger partial charge in [-0.15, -0.1) is 0 Å². The van der Waals surface area contributed by atoms with Gasteiger partial charge >= 0.3 is 17.9 Å². The quantitative estimate of drug-likeness (QED) is 0.191. The van der Waals surface area contributed by atoms with Crippen molar-refractivity contribution in [2.24, 2.45) is 17.8 Å². The maximum absolute atomic E-state index is 13.3. The smallest absolute Gasteiger partial charge is 0.309 e. The van der Waals surface area contributed by atoms with Crippen molar-refractivity contribution in [3.63, 3.8) is 0 Å². The number of carbonyl (C=O) groups is 4. The molecule has 3 rings (SSSR count). The molecule has 3 aliphatic heterocycles. The van der Waals surface area contributed by atoms with Gasteiger partial charge in [0.15, 0.2) is 24.5 Å². The van der Waals surface area contributed by atoms with Gasteiger partial charge in [0.25, 0.3) is 0 Å². The van der Waals surface area contributed by atoms with Crippen LogP contribution < -0.4 is 0 Å². The van der Waals surface area contributed by atoms with Crippen molar-refractivity contribution in [1.29, 1.82) is 0 Å². The fourth-order valence-electron chi connectivity index (χ4n) is 8.07. The Bertz CT molecular complexity index is 1400. The molecule has 0 spiro atoms. The van der Waals surface area contributed by atoms with Crippen molar-refractivity contribution < 1.29 is 72.4 Å². The normalized spacial score (nSPS) is 39.5. The number of methoxy groups -OCH3 is 1. The van der Waals surface area contributed by atoms with Crippen LogP contribution in [0.5, 0.6) is 0 Å². The lowest BCUT2D eigenvalue weighted by atomic mass is 9.82. The summed E-state index contributed by atoms with van der Waals surface area (Å²) in [5.74, 6) is -3.06. The Morgan fingerprint density at radius 3 is 2.28 bits per heavy atom. The molecule has 0 unspecified atom stereocenters. The Kier molecular flexibility index (Phi) is 19.4. The number of esters is 3. The molecule has 15 atom stereocenters. The molecule has 2 fully saturated rings. The lowest BCUT2D eigenvalue weighted by molar-refractivity contribution is -0.344. The summed E-state index contributed by atoms with van der Waals surface area (Å²) in [6.07, 6.45) is -3.98. The number of carbonyl (C=O) groups excluding carboxylic acids is 4. The van der Waals surface area contributed by atoms with E-state index in [0.29, 0.717) is 6.42 Å².